The predicted octanol–water partition coefficient (Wildman–Crippen LogP) is 4.20. The van der Waals surface area contributed by atoms with Gasteiger partial charge < -0.3 is 14.8 Å². The van der Waals surface area contributed by atoms with Crippen molar-refractivity contribution < 1.29 is 14.3 Å². The van der Waals surface area contributed by atoms with Gasteiger partial charge in [0.2, 0.25) is 5.91 Å². The van der Waals surface area contributed by atoms with Gasteiger partial charge in [-0.3, -0.25) is 4.79 Å². The molecule has 0 aliphatic carbocycles. The number of thioether (sulfide) groups is 1. The van der Waals surface area contributed by atoms with Crippen LogP contribution in [0.1, 0.15) is 5.69 Å². The lowest BCUT2D eigenvalue weighted by atomic mass is 10.1. The first-order chi connectivity index (χ1) is 13.6. The highest BCUT2D eigenvalue weighted by atomic mass is 32.2. The van der Waals surface area contributed by atoms with Crippen LogP contribution >= 0.6 is 11.8 Å². The van der Waals surface area contributed by atoms with Gasteiger partial charge in [0.25, 0.3) is 0 Å². The fourth-order valence-electron chi connectivity index (χ4n) is 2.58. The van der Waals surface area contributed by atoms with Crippen molar-refractivity contribution in [1.82, 2.24) is 9.97 Å². The Labute approximate surface area is 168 Å². The van der Waals surface area contributed by atoms with E-state index in [0.717, 1.165) is 22.7 Å². The minimum absolute atomic E-state index is 0.148. The second-order valence-electron chi connectivity index (χ2n) is 5.94. The van der Waals surface area contributed by atoms with Crippen molar-refractivity contribution in [3.05, 3.63) is 60.3 Å². The third-order valence-electron chi connectivity index (χ3n) is 3.93. The quantitative estimate of drug-likeness (QED) is 0.477. The summed E-state index contributed by atoms with van der Waals surface area (Å²) in [5.41, 5.74) is 3.25. The maximum atomic E-state index is 12.3. The molecule has 0 radical (unpaired) electrons. The number of aromatic nitrogens is 2. The first kappa shape index (κ1) is 19.7. The van der Waals surface area contributed by atoms with Crippen LogP contribution in [0.5, 0.6) is 11.5 Å². The van der Waals surface area contributed by atoms with Crippen LogP contribution in [0, 0.1) is 6.92 Å². The highest BCUT2D eigenvalue weighted by Gasteiger charge is 2.10. The molecule has 6 nitrogen and oxygen atoms in total. The third kappa shape index (κ3) is 5.01. The molecule has 0 unspecified atom stereocenters. The second-order valence-corrected chi connectivity index (χ2v) is 6.89. The van der Waals surface area contributed by atoms with E-state index in [1.807, 2.05) is 49.4 Å². The average Bonchev–Trinajstić information content (AvgIpc) is 2.72. The molecule has 3 rings (SSSR count). The molecule has 0 atom stereocenters. The molecule has 0 saturated carbocycles. The molecule has 0 spiro atoms. The van der Waals surface area contributed by atoms with Crippen LogP contribution in [0.4, 0.5) is 5.69 Å². The molecule has 3 aromatic rings. The number of carbonyl (C=O) groups is 1. The van der Waals surface area contributed by atoms with E-state index < -0.39 is 0 Å². The van der Waals surface area contributed by atoms with E-state index in [4.69, 9.17) is 9.47 Å². The van der Waals surface area contributed by atoms with E-state index in [-0.39, 0.29) is 11.7 Å². The van der Waals surface area contributed by atoms with Crippen LogP contribution in [0.3, 0.4) is 0 Å². The Morgan fingerprint density at radius 3 is 2.50 bits per heavy atom. The normalized spacial score (nSPS) is 10.4. The number of hydrogen-bond acceptors (Lipinski definition) is 6. The van der Waals surface area contributed by atoms with Crippen molar-refractivity contribution in [3.63, 3.8) is 0 Å². The molecule has 1 amide bonds. The van der Waals surface area contributed by atoms with Crippen LogP contribution in [-0.4, -0.2) is 35.8 Å². The number of benzene rings is 2. The van der Waals surface area contributed by atoms with Crippen molar-refractivity contribution in [1.29, 1.82) is 0 Å². The summed E-state index contributed by atoms with van der Waals surface area (Å²) < 4.78 is 10.4. The highest BCUT2D eigenvalue weighted by Crippen LogP contribution is 2.25. The number of methoxy groups -OCH3 is 2. The summed E-state index contributed by atoms with van der Waals surface area (Å²) >= 11 is 1.29. The lowest BCUT2D eigenvalue weighted by Gasteiger charge is -2.10. The van der Waals surface area contributed by atoms with E-state index in [0.29, 0.717) is 16.6 Å². The van der Waals surface area contributed by atoms with E-state index in [9.17, 15) is 4.79 Å². The lowest BCUT2D eigenvalue weighted by molar-refractivity contribution is -0.113. The smallest absolute Gasteiger partial charge is 0.234 e. The van der Waals surface area contributed by atoms with Gasteiger partial charge in [-0.25, -0.2) is 9.97 Å². The molecule has 7 heteroatoms. The first-order valence-corrected chi connectivity index (χ1v) is 9.63. The zero-order valence-corrected chi connectivity index (χ0v) is 16.7. The number of carbonyl (C=O) groups excluding carboxylic acids is 1. The Morgan fingerprint density at radius 1 is 1.04 bits per heavy atom. The van der Waals surface area contributed by atoms with Gasteiger partial charge in [-0.05, 0) is 49.4 Å². The van der Waals surface area contributed by atoms with Crippen molar-refractivity contribution in [3.8, 4) is 22.8 Å². The monoisotopic (exact) mass is 395 g/mol. The molecule has 0 saturated heterocycles. The van der Waals surface area contributed by atoms with E-state index in [2.05, 4.69) is 15.3 Å². The minimum Gasteiger partial charge on any atom is -0.497 e. The number of aryl methyl sites for hydroxylation is 1. The van der Waals surface area contributed by atoms with Crippen LogP contribution in [0.15, 0.2) is 59.8 Å². The summed E-state index contributed by atoms with van der Waals surface area (Å²) in [4.78, 5) is 21.3. The molecule has 1 heterocycles. The number of nitrogens with zero attached hydrogens (tertiary/aromatic N) is 2. The fraction of sp³-hybridized carbons (Fsp3) is 0.190. The predicted molar refractivity (Wildman–Crippen MR) is 111 cm³/mol. The summed E-state index contributed by atoms with van der Waals surface area (Å²) in [6, 6.07) is 16.9. The lowest BCUT2D eigenvalue weighted by Crippen LogP contribution is -2.15. The summed E-state index contributed by atoms with van der Waals surface area (Å²) in [6.45, 7) is 1.91. The summed E-state index contributed by atoms with van der Waals surface area (Å²) in [7, 11) is 3.20. The number of hydrogen-bond donors (Lipinski definition) is 1. The molecular weight excluding hydrogens is 374 g/mol. The molecule has 0 bridgehead atoms. The molecule has 2 aromatic carbocycles. The largest absolute Gasteiger partial charge is 0.497 e. The Morgan fingerprint density at radius 2 is 1.79 bits per heavy atom. The van der Waals surface area contributed by atoms with Crippen LogP contribution in [-0.2, 0) is 4.79 Å². The zero-order chi connectivity index (χ0) is 19.9. The SMILES string of the molecule is COc1ccc(-c2cc(C)nc(SCC(=O)Nc3ccccc3OC)n2)cc1. The molecule has 144 valence electrons. The molecule has 0 fully saturated rings. The Kier molecular flexibility index (Phi) is 6.49. The van der Waals surface area contributed by atoms with Crippen molar-refractivity contribution in [2.24, 2.45) is 0 Å². The third-order valence-corrected chi connectivity index (χ3v) is 4.78. The number of rotatable bonds is 7. The van der Waals surface area contributed by atoms with Gasteiger partial charge in [-0.15, -0.1) is 0 Å². The van der Waals surface area contributed by atoms with E-state index in [1.54, 1.807) is 26.4 Å². The minimum atomic E-state index is -0.148. The molecular formula is C21H21N3O3S. The maximum absolute atomic E-state index is 12.3. The maximum Gasteiger partial charge on any atom is 0.234 e. The van der Waals surface area contributed by atoms with Gasteiger partial charge in [0.05, 0.1) is 31.4 Å². The van der Waals surface area contributed by atoms with E-state index >= 15 is 0 Å². The molecule has 1 N–H and O–H groups in total. The number of para-hydroxylation sites is 2. The van der Waals surface area contributed by atoms with Gasteiger partial charge in [-0.1, -0.05) is 23.9 Å². The van der Waals surface area contributed by atoms with Crippen LogP contribution in [0.2, 0.25) is 0 Å². The standard InChI is InChI=1S/C21H21N3O3S/c1-14-12-18(15-8-10-16(26-2)11-9-15)24-21(22-14)28-13-20(25)23-17-6-4-5-7-19(17)27-3/h4-12H,13H2,1-3H3,(H,23,25). The summed E-state index contributed by atoms with van der Waals surface area (Å²) in [5, 5.41) is 3.41. The summed E-state index contributed by atoms with van der Waals surface area (Å²) in [6.07, 6.45) is 0. The average molecular weight is 395 g/mol. The molecule has 1 aromatic heterocycles. The second kappa shape index (κ2) is 9.23. The van der Waals surface area contributed by atoms with Gasteiger partial charge in [0.15, 0.2) is 5.16 Å². The topological polar surface area (TPSA) is 73.3 Å². The summed E-state index contributed by atoms with van der Waals surface area (Å²) in [5.74, 6) is 1.46. The van der Waals surface area contributed by atoms with Crippen molar-refractivity contribution in [2.45, 2.75) is 12.1 Å². The molecule has 0 aliphatic rings. The van der Waals surface area contributed by atoms with E-state index in [1.165, 1.54) is 11.8 Å². The number of nitrogens with one attached hydrogen (secondary N) is 1. The Bertz CT molecular complexity index is 961. The van der Waals surface area contributed by atoms with Gasteiger partial charge in [-0.2, -0.15) is 0 Å². The Hall–Kier alpha value is -3.06. The number of amides is 1. The van der Waals surface area contributed by atoms with Crippen molar-refractivity contribution in [2.75, 3.05) is 25.3 Å². The number of anilines is 1. The fourth-order valence-corrected chi connectivity index (χ4v) is 3.28. The first-order valence-electron chi connectivity index (χ1n) is 8.65. The van der Waals surface area contributed by atoms with Crippen LogP contribution < -0.4 is 14.8 Å². The molecule has 28 heavy (non-hydrogen) atoms. The van der Waals surface area contributed by atoms with Crippen molar-refractivity contribution >= 4 is 23.4 Å². The van der Waals surface area contributed by atoms with Gasteiger partial charge in [0, 0.05) is 11.3 Å². The van der Waals surface area contributed by atoms with Crippen LogP contribution in [0.25, 0.3) is 11.3 Å². The zero-order valence-electron chi connectivity index (χ0n) is 15.9. The Balaban J connectivity index is 1.68. The number of ether oxygens (including phenoxy) is 2. The highest BCUT2D eigenvalue weighted by molar-refractivity contribution is 7.99. The van der Waals surface area contributed by atoms with Gasteiger partial charge in [0.1, 0.15) is 11.5 Å². The molecule has 0 aliphatic heterocycles. The van der Waals surface area contributed by atoms with Gasteiger partial charge >= 0.3 is 0 Å².